The van der Waals surface area contributed by atoms with E-state index < -0.39 is 18.0 Å². The molecule has 0 spiro atoms. The summed E-state index contributed by atoms with van der Waals surface area (Å²) < 4.78 is 5.39. The lowest BCUT2D eigenvalue weighted by Gasteiger charge is -2.28. The van der Waals surface area contributed by atoms with E-state index in [1.54, 1.807) is 0 Å². The number of rotatable bonds is 5. The molecule has 0 unspecified atom stereocenters. The van der Waals surface area contributed by atoms with Crippen LogP contribution in [-0.2, 0) is 14.3 Å². The summed E-state index contributed by atoms with van der Waals surface area (Å²) in [5.74, 6) is -1.67. The van der Waals surface area contributed by atoms with E-state index in [4.69, 9.17) is 4.74 Å². The minimum Gasteiger partial charge on any atom is -0.550 e. The van der Waals surface area contributed by atoms with Crippen LogP contribution in [-0.4, -0.2) is 50.2 Å². The number of aliphatic carboxylic acids is 1. The summed E-state index contributed by atoms with van der Waals surface area (Å²) in [6.07, 6.45) is -0.868. The van der Waals surface area contributed by atoms with Crippen LogP contribution in [0.4, 0.5) is 0 Å². The van der Waals surface area contributed by atoms with Gasteiger partial charge in [0.15, 0.2) is 6.10 Å². The molecule has 0 aliphatic carbocycles. The highest BCUT2D eigenvalue weighted by molar-refractivity contribution is 5.85. The van der Waals surface area contributed by atoms with Crippen molar-refractivity contribution in [3.05, 3.63) is 0 Å². The summed E-state index contributed by atoms with van der Waals surface area (Å²) in [5, 5.41) is 10.4. The van der Waals surface area contributed by atoms with Gasteiger partial charge in [0.25, 0.3) is 0 Å². The molecule has 15 heavy (non-hydrogen) atoms. The number of halogens is 1. The molecule has 0 aromatic rings. The van der Waals surface area contributed by atoms with E-state index in [0.717, 1.165) is 0 Å². The molecule has 0 fully saturated rings. The third kappa shape index (κ3) is 11.1. The van der Waals surface area contributed by atoms with E-state index in [1.807, 2.05) is 21.1 Å². The molecule has 6 heteroatoms. The van der Waals surface area contributed by atoms with Crippen molar-refractivity contribution < 1.29 is 23.9 Å². The Balaban J connectivity index is 0. The highest BCUT2D eigenvalue weighted by Crippen LogP contribution is 2.04. The molecule has 0 heterocycles. The maximum Gasteiger partial charge on any atom is 0.303 e. The first kappa shape index (κ1) is 16.6. The second-order valence-corrected chi connectivity index (χ2v) is 4.28. The van der Waals surface area contributed by atoms with Crippen LogP contribution >= 0.6 is 12.4 Å². The van der Waals surface area contributed by atoms with Gasteiger partial charge >= 0.3 is 5.97 Å². The fraction of sp³-hybridized carbons (Fsp3) is 0.778. The highest BCUT2D eigenvalue weighted by Gasteiger charge is 2.20. The van der Waals surface area contributed by atoms with Crippen molar-refractivity contribution in [2.75, 3.05) is 27.7 Å². The average Bonchev–Trinajstić information content (AvgIpc) is 1.77. The average molecular weight is 240 g/mol. The third-order valence-electron chi connectivity index (χ3n) is 1.48. The first-order chi connectivity index (χ1) is 6.20. The summed E-state index contributed by atoms with van der Waals surface area (Å²) in [6.45, 7) is 1.71. The Morgan fingerprint density at radius 2 is 1.80 bits per heavy atom. The number of carboxylic acid groups (broad SMARTS) is 1. The van der Waals surface area contributed by atoms with Crippen LogP contribution in [0.1, 0.15) is 13.3 Å². The molecule has 0 aliphatic heterocycles. The normalized spacial score (nSPS) is 12.5. The molecule has 0 aromatic heterocycles. The van der Waals surface area contributed by atoms with Gasteiger partial charge in [-0.3, -0.25) is 4.79 Å². The van der Waals surface area contributed by atoms with E-state index in [9.17, 15) is 14.7 Å². The molecule has 0 amide bonds. The predicted octanol–water partition coefficient (Wildman–Crippen LogP) is -0.814. The zero-order valence-corrected chi connectivity index (χ0v) is 10.3. The molecule has 0 saturated heterocycles. The number of carbonyl (C=O) groups excluding carboxylic acids is 2. The first-order valence-electron chi connectivity index (χ1n) is 4.38. The number of quaternary nitrogens is 1. The largest absolute Gasteiger partial charge is 0.550 e. The highest BCUT2D eigenvalue weighted by atomic mass is 35.5. The van der Waals surface area contributed by atoms with Gasteiger partial charge in [-0.05, 0) is 0 Å². The van der Waals surface area contributed by atoms with Crippen molar-refractivity contribution in [1.82, 2.24) is 0 Å². The van der Waals surface area contributed by atoms with Crippen molar-refractivity contribution >= 4 is 24.3 Å². The quantitative estimate of drug-likeness (QED) is 0.465. The van der Waals surface area contributed by atoms with Gasteiger partial charge in [0.1, 0.15) is 6.54 Å². The Kier molecular flexibility index (Phi) is 7.35. The third-order valence-corrected chi connectivity index (χ3v) is 1.48. The van der Waals surface area contributed by atoms with Gasteiger partial charge in [-0.2, -0.15) is 0 Å². The fourth-order valence-corrected chi connectivity index (χ4v) is 1.17. The first-order valence-corrected chi connectivity index (χ1v) is 4.38. The molecule has 0 aliphatic rings. The van der Waals surface area contributed by atoms with Crippen molar-refractivity contribution in [1.29, 1.82) is 0 Å². The lowest BCUT2D eigenvalue weighted by atomic mass is 10.2. The van der Waals surface area contributed by atoms with Gasteiger partial charge < -0.3 is 19.1 Å². The van der Waals surface area contributed by atoms with Gasteiger partial charge in [-0.25, -0.2) is 0 Å². The summed E-state index contributed by atoms with van der Waals surface area (Å²) in [4.78, 5) is 21.0. The molecule has 0 rings (SSSR count). The van der Waals surface area contributed by atoms with Crippen molar-refractivity contribution in [2.45, 2.75) is 19.4 Å². The van der Waals surface area contributed by atoms with E-state index in [0.29, 0.717) is 11.0 Å². The maximum atomic E-state index is 10.7. The number of hydrogen-bond donors (Lipinski definition) is 0. The molecule has 0 saturated carbocycles. The second-order valence-electron chi connectivity index (χ2n) is 4.28. The lowest BCUT2D eigenvalue weighted by molar-refractivity contribution is -0.873. The molecule has 5 nitrogen and oxygen atoms in total. The topological polar surface area (TPSA) is 66.4 Å². The van der Waals surface area contributed by atoms with Crippen molar-refractivity contribution in [2.24, 2.45) is 0 Å². The molecule has 0 aromatic carbocycles. The van der Waals surface area contributed by atoms with E-state index in [-0.39, 0.29) is 18.8 Å². The van der Waals surface area contributed by atoms with Crippen LogP contribution in [0.15, 0.2) is 0 Å². The maximum absolute atomic E-state index is 10.7. The van der Waals surface area contributed by atoms with Crippen LogP contribution in [0.2, 0.25) is 0 Å². The number of hydrogen-bond acceptors (Lipinski definition) is 4. The zero-order chi connectivity index (χ0) is 11.4. The molecule has 0 bridgehead atoms. The monoisotopic (exact) mass is 239 g/mol. The zero-order valence-electron chi connectivity index (χ0n) is 9.48. The van der Waals surface area contributed by atoms with Crippen LogP contribution in [0.3, 0.4) is 0 Å². The number of carbonyl (C=O) groups is 2. The van der Waals surface area contributed by atoms with Gasteiger partial charge in [0.2, 0.25) is 0 Å². The number of carboxylic acids is 1. The summed E-state index contributed by atoms with van der Waals surface area (Å²) in [6, 6.07) is 0. The van der Waals surface area contributed by atoms with Gasteiger partial charge in [-0.1, -0.05) is 0 Å². The summed E-state index contributed by atoms with van der Waals surface area (Å²) >= 11 is 0. The standard InChI is InChI=1S/C9H17NO4.ClH/c1-7(11)14-8(5-9(12)13)6-10(2,3)4;/h8H,5-6H2,1-4H3;1H/t8-;/m1./s1. The van der Waals surface area contributed by atoms with Crippen LogP contribution < -0.4 is 5.11 Å². The minimum atomic E-state index is -1.20. The van der Waals surface area contributed by atoms with E-state index in [1.165, 1.54) is 6.92 Å². The van der Waals surface area contributed by atoms with Crippen LogP contribution in [0, 0.1) is 0 Å². The lowest BCUT2D eigenvalue weighted by Crippen LogP contribution is -2.45. The Morgan fingerprint density at radius 3 is 2.07 bits per heavy atom. The van der Waals surface area contributed by atoms with E-state index >= 15 is 0 Å². The second kappa shape index (κ2) is 6.63. The van der Waals surface area contributed by atoms with Gasteiger partial charge in [-0.15, -0.1) is 12.4 Å². The minimum absolute atomic E-state index is 0. The van der Waals surface area contributed by atoms with Gasteiger partial charge in [0, 0.05) is 19.3 Å². The number of nitrogens with zero attached hydrogens (tertiary/aromatic N) is 1. The summed E-state index contributed by atoms with van der Waals surface area (Å²) in [5.41, 5.74) is 0. The number of likely N-dealkylation sites (N-methyl/N-ethyl adjacent to an activating group) is 1. The smallest absolute Gasteiger partial charge is 0.303 e. The van der Waals surface area contributed by atoms with Crippen molar-refractivity contribution in [3.63, 3.8) is 0 Å². The number of esters is 1. The number of ether oxygens (including phenoxy) is 1. The Labute approximate surface area is 96.0 Å². The van der Waals surface area contributed by atoms with Crippen LogP contribution in [0.25, 0.3) is 0 Å². The SMILES string of the molecule is CC(=O)O[C@H](CC(=O)[O-])C[N+](C)(C)C.Cl. The van der Waals surface area contributed by atoms with E-state index in [2.05, 4.69) is 0 Å². The Morgan fingerprint density at radius 1 is 1.33 bits per heavy atom. The fourth-order valence-electron chi connectivity index (χ4n) is 1.17. The molecular formula is C9H18ClNO4. The molecular weight excluding hydrogens is 222 g/mol. The summed E-state index contributed by atoms with van der Waals surface area (Å²) in [7, 11) is 5.68. The molecule has 90 valence electrons. The Hall–Kier alpha value is -0.810. The molecule has 0 N–H and O–H groups in total. The van der Waals surface area contributed by atoms with Gasteiger partial charge in [0.05, 0.1) is 21.1 Å². The molecule has 1 atom stereocenters. The van der Waals surface area contributed by atoms with Crippen molar-refractivity contribution in [3.8, 4) is 0 Å². The predicted molar refractivity (Wildman–Crippen MR) is 55.3 cm³/mol. The van der Waals surface area contributed by atoms with Crippen LogP contribution in [0.5, 0.6) is 0 Å². The molecule has 0 radical (unpaired) electrons. The Bertz CT molecular complexity index is 209.